The number of benzene rings is 1. The molecule has 1 aliphatic carbocycles. The highest BCUT2D eigenvalue weighted by Crippen LogP contribution is 2.29. The number of hydrogen-bond acceptors (Lipinski definition) is 3. The molecule has 0 aliphatic heterocycles. The smallest absolute Gasteiger partial charge is 0.266 e. The van der Waals surface area contributed by atoms with Crippen molar-refractivity contribution in [2.75, 3.05) is 6.61 Å². The van der Waals surface area contributed by atoms with Crippen LogP contribution in [0.1, 0.15) is 38.2 Å². The van der Waals surface area contributed by atoms with Crippen LogP contribution in [0.25, 0.3) is 0 Å². The molecular weight excluding hydrogens is 260 g/mol. The third-order valence-corrected chi connectivity index (χ3v) is 5.11. The topological polar surface area (TPSA) is 43.4 Å². The highest BCUT2D eigenvalue weighted by atomic mass is 32.2. The van der Waals surface area contributed by atoms with E-state index in [-0.39, 0.29) is 4.90 Å². The Labute approximate surface area is 116 Å². The summed E-state index contributed by atoms with van der Waals surface area (Å²) < 4.78 is 29.3. The van der Waals surface area contributed by atoms with Gasteiger partial charge < -0.3 is 0 Å². The van der Waals surface area contributed by atoms with Crippen molar-refractivity contribution in [3.63, 3.8) is 0 Å². The van der Waals surface area contributed by atoms with Gasteiger partial charge in [-0.15, -0.1) is 0 Å². The molecule has 1 saturated carbocycles. The summed E-state index contributed by atoms with van der Waals surface area (Å²) in [7, 11) is -3.59. The third-order valence-electron chi connectivity index (χ3n) is 3.81. The summed E-state index contributed by atoms with van der Waals surface area (Å²) in [4.78, 5) is 0.252. The van der Waals surface area contributed by atoms with Crippen molar-refractivity contribution in [1.82, 2.24) is 0 Å². The molecular formula is C15H22O3S. The number of aryl methyl sites for hydroxylation is 1. The van der Waals surface area contributed by atoms with Gasteiger partial charge in [-0.1, -0.05) is 37.5 Å². The van der Waals surface area contributed by atoms with Crippen molar-refractivity contribution in [2.24, 2.45) is 11.8 Å². The van der Waals surface area contributed by atoms with Crippen LogP contribution in [0.2, 0.25) is 0 Å². The first-order valence-electron chi connectivity index (χ1n) is 6.93. The van der Waals surface area contributed by atoms with E-state index in [2.05, 4.69) is 6.92 Å². The minimum Gasteiger partial charge on any atom is -0.266 e. The molecule has 1 aromatic carbocycles. The van der Waals surface area contributed by atoms with Crippen LogP contribution >= 0.6 is 0 Å². The molecule has 0 aromatic heterocycles. The van der Waals surface area contributed by atoms with Crippen molar-refractivity contribution in [2.45, 2.75) is 44.4 Å². The maximum atomic E-state index is 12.0. The van der Waals surface area contributed by atoms with Crippen LogP contribution in [0, 0.1) is 18.8 Å². The quantitative estimate of drug-likeness (QED) is 0.793. The fourth-order valence-electron chi connectivity index (χ4n) is 2.67. The van der Waals surface area contributed by atoms with Gasteiger partial charge in [0, 0.05) is 0 Å². The van der Waals surface area contributed by atoms with Crippen molar-refractivity contribution in [3.05, 3.63) is 29.8 Å². The average molecular weight is 282 g/mol. The zero-order chi connectivity index (χ0) is 13.9. The molecule has 0 N–H and O–H groups in total. The Balaban J connectivity index is 1.96. The first-order chi connectivity index (χ1) is 8.97. The minimum atomic E-state index is -3.59. The van der Waals surface area contributed by atoms with Crippen LogP contribution in [0.15, 0.2) is 29.2 Å². The maximum absolute atomic E-state index is 12.0. The highest BCUT2D eigenvalue weighted by molar-refractivity contribution is 7.86. The lowest BCUT2D eigenvalue weighted by Gasteiger charge is -2.26. The van der Waals surface area contributed by atoms with Gasteiger partial charge in [0.2, 0.25) is 0 Å². The van der Waals surface area contributed by atoms with Gasteiger partial charge in [0.1, 0.15) is 0 Å². The van der Waals surface area contributed by atoms with E-state index in [9.17, 15) is 8.42 Å². The molecule has 4 heteroatoms. The Morgan fingerprint density at radius 1 is 1.21 bits per heavy atom. The van der Waals surface area contributed by atoms with Gasteiger partial charge in [0.25, 0.3) is 10.1 Å². The van der Waals surface area contributed by atoms with Gasteiger partial charge in [-0.3, -0.25) is 4.18 Å². The molecule has 3 nitrogen and oxygen atoms in total. The normalized spacial score (nSPS) is 24.3. The van der Waals surface area contributed by atoms with E-state index >= 15 is 0 Å². The average Bonchev–Trinajstić information content (AvgIpc) is 2.37. The summed E-state index contributed by atoms with van der Waals surface area (Å²) in [6.45, 7) is 4.47. The second kappa shape index (κ2) is 6.06. The Kier molecular flexibility index (Phi) is 4.63. The summed E-state index contributed by atoms with van der Waals surface area (Å²) in [5.74, 6) is 1.06. The Morgan fingerprint density at radius 2 is 1.89 bits per heavy atom. The molecule has 0 radical (unpaired) electrons. The lowest BCUT2D eigenvalue weighted by molar-refractivity contribution is 0.186. The van der Waals surface area contributed by atoms with E-state index < -0.39 is 10.1 Å². The maximum Gasteiger partial charge on any atom is 0.296 e. The standard InChI is InChI=1S/C15H22O3S/c1-12-6-8-15(9-7-12)19(16,17)18-11-14-5-3-4-13(2)10-14/h6-9,13-14H,3-5,10-11H2,1-2H3/t13-,14-/m0/s1. The Morgan fingerprint density at radius 3 is 2.53 bits per heavy atom. The van der Waals surface area contributed by atoms with Gasteiger partial charge in [-0.2, -0.15) is 8.42 Å². The lowest BCUT2D eigenvalue weighted by atomic mass is 9.83. The first-order valence-corrected chi connectivity index (χ1v) is 8.34. The molecule has 19 heavy (non-hydrogen) atoms. The largest absolute Gasteiger partial charge is 0.296 e. The van der Waals surface area contributed by atoms with E-state index in [4.69, 9.17) is 4.18 Å². The second-order valence-corrected chi connectivity index (χ2v) is 7.30. The second-order valence-electron chi connectivity index (χ2n) is 5.69. The predicted octanol–water partition coefficient (Wildman–Crippen LogP) is 3.53. The summed E-state index contributed by atoms with van der Waals surface area (Å²) in [5, 5.41) is 0. The van der Waals surface area contributed by atoms with Crippen LogP contribution in [-0.2, 0) is 14.3 Å². The molecule has 1 fully saturated rings. The zero-order valence-electron chi connectivity index (χ0n) is 11.6. The fraction of sp³-hybridized carbons (Fsp3) is 0.600. The van der Waals surface area contributed by atoms with Crippen molar-refractivity contribution >= 4 is 10.1 Å². The van der Waals surface area contributed by atoms with Crippen molar-refractivity contribution in [3.8, 4) is 0 Å². The van der Waals surface area contributed by atoms with Crippen LogP contribution in [0.4, 0.5) is 0 Å². The Hall–Kier alpha value is -0.870. The highest BCUT2D eigenvalue weighted by Gasteiger charge is 2.22. The fourth-order valence-corrected chi connectivity index (χ4v) is 3.65. The molecule has 0 heterocycles. The number of hydrogen-bond donors (Lipinski definition) is 0. The lowest BCUT2D eigenvalue weighted by Crippen LogP contribution is -2.20. The third kappa shape index (κ3) is 4.05. The molecule has 0 bridgehead atoms. The van der Waals surface area contributed by atoms with E-state index in [1.807, 2.05) is 6.92 Å². The first kappa shape index (κ1) is 14.5. The molecule has 1 aromatic rings. The SMILES string of the molecule is Cc1ccc(S(=O)(=O)OC[C@H]2CCC[C@H](C)C2)cc1. The van der Waals surface area contributed by atoms with Gasteiger partial charge >= 0.3 is 0 Å². The van der Waals surface area contributed by atoms with Crippen molar-refractivity contribution in [1.29, 1.82) is 0 Å². The monoisotopic (exact) mass is 282 g/mol. The van der Waals surface area contributed by atoms with E-state index in [1.54, 1.807) is 24.3 Å². The summed E-state index contributed by atoms with van der Waals surface area (Å²) >= 11 is 0. The summed E-state index contributed by atoms with van der Waals surface area (Å²) in [5.41, 5.74) is 1.04. The van der Waals surface area contributed by atoms with E-state index in [0.717, 1.165) is 18.4 Å². The molecule has 2 rings (SSSR count). The van der Waals surface area contributed by atoms with E-state index in [0.29, 0.717) is 18.4 Å². The van der Waals surface area contributed by atoms with Crippen LogP contribution in [0.5, 0.6) is 0 Å². The summed E-state index contributed by atoms with van der Waals surface area (Å²) in [6, 6.07) is 6.79. The molecule has 0 saturated heterocycles. The molecule has 106 valence electrons. The van der Waals surface area contributed by atoms with Crippen molar-refractivity contribution < 1.29 is 12.6 Å². The van der Waals surface area contributed by atoms with Gasteiger partial charge in [-0.25, -0.2) is 0 Å². The molecule has 1 aliphatic rings. The molecule has 0 unspecified atom stereocenters. The van der Waals surface area contributed by atoms with Crippen LogP contribution in [0.3, 0.4) is 0 Å². The van der Waals surface area contributed by atoms with Gasteiger partial charge in [0.05, 0.1) is 11.5 Å². The molecule has 0 amide bonds. The minimum absolute atomic E-state index is 0.252. The molecule has 2 atom stereocenters. The number of rotatable bonds is 4. The Bertz CT molecular complexity index is 505. The molecule has 0 spiro atoms. The predicted molar refractivity (Wildman–Crippen MR) is 75.4 cm³/mol. The van der Waals surface area contributed by atoms with Crippen LogP contribution in [-0.4, -0.2) is 15.0 Å². The van der Waals surface area contributed by atoms with Gasteiger partial charge in [0.15, 0.2) is 0 Å². The van der Waals surface area contributed by atoms with E-state index in [1.165, 1.54) is 12.8 Å². The van der Waals surface area contributed by atoms with Crippen LogP contribution < -0.4 is 0 Å². The zero-order valence-corrected chi connectivity index (χ0v) is 12.4. The summed E-state index contributed by atoms with van der Waals surface area (Å²) in [6.07, 6.45) is 4.58. The van der Waals surface area contributed by atoms with Gasteiger partial charge in [-0.05, 0) is 43.7 Å².